The molecule has 0 atom stereocenters. The third kappa shape index (κ3) is 4.16. The molecule has 5 heteroatoms. The van der Waals surface area contributed by atoms with Crippen molar-refractivity contribution >= 4 is 23.2 Å². The molecule has 4 nitrogen and oxygen atoms in total. The van der Waals surface area contributed by atoms with E-state index in [0.29, 0.717) is 12.1 Å². The van der Waals surface area contributed by atoms with Crippen LogP contribution in [0.5, 0.6) is 0 Å². The Morgan fingerprint density at radius 3 is 2.52 bits per heavy atom. The summed E-state index contributed by atoms with van der Waals surface area (Å²) in [6.45, 7) is 2.58. The van der Waals surface area contributed by atoms with E-state index >= 15 is 0 Å². The van der Waals surface area contributed by atoms with Gasteiger partial charge < -0.3 is 10.4 Å². The summed E-state index contributed by atoms with van der Waals surface area (Å²) >= 11 is 1.68. The number of hydrogen-bond acceptors (Lipinski definition) is 3. The smallest absolute Gasteiger partial charge is 0.335 e. The third-order valence-corrected chi connectivity index (χ3v) is 4.35. The number of nitrogens with one attached hydrogen (secondary N) is 1. The largest absolute Gasteiger partial charge is 0.478 e. The Morgan fingerprint density at radius 1 is 1.14 bits per heavy atom. The molecule has 2 rings (SSSR count). The highest BCUT2D eigenvalue weighted by Gasteiger charge is 2.12. The second kappa shape index (κ2) is 7.04. The number of thiophene rings is 1. The summed E-state index contributed by atoms with van der Waals surface area (Å²) in [6, 6.07) is 10.6. The van der Waals surface area contributed by atoms with Gasteiger partial charge in [0.25, 0.3) is 0 Å². The Bertz CT molecular complexity index is 648. The maximum absolute atomic E-state index is 11.9. The Hall–Kier alpha value is -2.14. The van der Waals surface area contributed by atoms with E-state index in [0.717, 1.165) is 11.3 Å². The molecule has 2 N–H and O–H groups in total. The first kappa shape index (κ1) is 15.3. The van der Waals surface area contributed by atoms with E-state index in [1.165, 1.54) is 10.9 Å². The zero-order valence-electron chi connectivity index (χ0n) is 11.8. The fourth-order valence-corrected chi connectivity index (χ4v) is 2.91. The highest BCUT2D eigenvalue weighted by molar-refractivity contribution is 7.11. The van der Waals surface area contributed by atoms with Gasteiger partial charge in [-0.2, -0.15) is 0 Å². The fourth-order valence-electron chi connectivity index (χ4n) is 2.01. The molecule has 0 spiro atoms. The minimum atomic E-state index is -1.01. The molecule has 1 heterocycles. The van der Waals surface area contributed by atoms with Crippen LogP contribution in [-0.4, -0.2) is 17.0 Å². The summed E-state index contributed by atoms with van der Waals surface area (Å²) in [5, 5.41) is 11.9. The molecule has 0 bridgehead atoms. The molecule has 0 saturated heterocycles. The van der Waals surface area contributed by atoms with Crippen LogP contribution in [0.1, 0.15) is 32.6 Å². The average molecular weight is 303 g/mol. The lowest BCUT2D eigenvalue weighted by atomic mass is 10.0. The SMILES string of the molecule is CCc1ccc(CNC(=O)Cc2ccccc2C(=O)O)s1. The van der Waals surface area contributed by atoms with E-state index in [9.17, 15) is 9.59 Å². The lowest BCUT2D eigenvalue weighted by Gasteiger charge is -2.06. The van der Waals surface area contributed by atoms with Crippen molar-refractivity contribution in [2.75, 3.05) is 0 Å². The number of carboxylic acid groups (broad SMARTS) is 1. The highest BCUT2D eigenvalue weighted by Crippen LogP contribution is 2.16. The molecule has 0 aliphatic rings. The number of carbonyl (C=O) groups is 2. The van der Waals surface area contributed by atoms with Crippen LogP contribution >= 0.6 is 11.3 Å². The number of aryl methyl sites for hydroxylation is 1. The number of carbonyl (C=O) groups excluding carboxylic acids is 1. The average Bonchev–Trinajstić information content (AvgIpc) is 2.93. The molecule has 0 aliphatic carbocycles. The summed E-state index contributed by atoms with van der Waals surface area (Å²) in [5.41, 5.74) is 0.708. The molecule has 0 aliphatic heterocycles. The van der Waals surface area contributed by atoms with Crippen LogP contribution in [-0.2, 0) is 24.2 Å². The standard InChI is InChI=1S/C16H17NO3S/c1-2-12-7-8-13(21-12)10-17-15(18)9-11-5-3-4-6-14(11)16(19)20/h3-8H,2,9-10H2,1H3,(H,17,18)(H,19,20). The van der Waals surface area contributed by atoms with Crippen molar-refractivity contribution in [1.82, 2.24) is 5.32 Å². The van der Waals surface area contributed by atoms with E-state index in [1.54, 1.807) is 29.5 Å². The van der Waals surface area contributed by atoms with Crippen molar-refractivity contribution in [3.63, 3.8) is 0 Å². The molecule has 1 amide bonds. The predicted octanol–water partition coefficient (Wildman–Crippen LogP) is 2.87. The molecule has 110 valence electrons. The van der Waals surface area contributed by atoms with Crippen LogP contribution < -0.4 is 5.32 Å². The van der Waals surface area contributed by atoms with Crippen LogP contribution in [0.2, 0.25) is 0 Å². The quantitative estimate of drug-likeness (QED) is 0.862. The normalized spacial score (nSPS) is 10.3. The van der Waals surface area contributed by atoms with E-state index < -0.39 is 5.97 Å². The van der Waals surface area contributed by atoms with E-state index in [-0.39, 0.29) is 17.9 Å². The van der Waals surface area contributed by atoms with Gasteiger partial charge in [-0.3, -0.25) is 4.79 Å². The van der Waals surface area contributed by atoms with Gasteiger partial charge in [0.1, 0.15) is 0 Å². The van der Waals surface area contributed by atoms with Crippen LogP contribution in [0, 0.1) is 0 Å². The number of rotatable bonds is 6. The van der Waals surface area contributed by atoms with Gasteiger partial charge in [0, 0.05) is 9.75 Å². The molecule has 1 aromatic heterocycles. The van der Waals surface area contributed by atoms with E-state index in [4.69, 9.17) is 5.11 Å². The summed E-state index contributed by atoms with van der Waals surface area (Å²) in [7, 11) is 0. The maximum atomic E-state index is 11.9. The third-order valence-electron chi connectivity index (χ3n) is 3.12. The van der Waals surface area contributed by atoms with Crippen LogP contribution in [0.15, 0.2) is 36.4 Å². The number of benzene rings is 1. The van der Waals surface area contributed by atoms with Gasteiger partial charge in [-0.05, 0) is 30.2 Å². The molecular weight excluding hydrogens is 286 g/mol. The molecule has 21 heavy (non-hydrogen) atoms. The van der Waals surface area contributed by atoms with E-state index in [1.807, 2.05) is 6.07 Å². The number of carboxylic acids is 1. The Kier molecular flexibility index (Phi) is 5.11. The predicted molar refractivity (Wildman–Crippen MR) is 82.6 cm³/mol. The van der Waals surface area contributed by atoms with Crippen molar-refractivity contribution in [3.8, 4) is 0 Å². The number of amides is 1. The molecule has 0 unspecified atom stereocenters. The molecule has 0 fully saturated rings. The van der Waals surface area contributed by atoms with Gasteiger partial charge in [-0.25, -0.2) is 4.79 Å². The van der Waals surface area contributed by atoms with Crippen LogP contribution in [0.3, 0.4) is 0 Å². The Morgan fingerprint density at radius 2 is 1.86 bits per heavy atom. The van der Waals surface area contributed by atoms with Crippen molar-refractivity contribution in [2.45, 2.75) is 26.3 Å². The molecular formula is C16H17NO3S. The number of hydrogen-bond donors (Lipinski definition) is 2. The second-order valence-electron chi connectivity index (χ2n) is 4.64. The first-order valence-electron chi connectivity index (χ1n) is 6.75. The zero-order chi connectivity index (χ0) is 15.2. The van der Waals surface area contributed by atoms with Crippen molar-refractivity contribution in [1.29, 1.82) is 0 Å². The van der Waals surface area contributed by atoms with Gasteiger partial charge >= 0.3 is 5.97 Å². The first-order valence-corrected chi connectivity index (χ1v) is 7.57. The maximum Gasteiger partial charge on any atom is 0.335 e. The summed E-state index contributed by atoms with van der Waals surface area (Å²) < 4.78 is 0. The fraction of sp³-hybridized carbons (Fsp3) is 0.250. The van der Waals surface area contributed by atoms with Crippen LogP contribution in [0.4, 0.5) is 0 Å². The van der Waals surface area contributed by atoms with Gasteiger partial charge in [0.15, 0.2) is 0 Å². The van der Waals surface area contributed by atoms with E-state index in [2.05, 4.69) is 18.3 Å². The molecule has 0 radical (unpaired) electrons. The topological polar surface area (TPSA) is 66.4 Å². The van der Waals surface area contributed by atoms with Crippen molar-refractivity contribution < 1.29 is 14.7 Å². The zero-order valence-corrected chi connectivity index (χ0v) is 12.6. The van der Waals surface area contributed by atoms with Crippen molar-refractivity contribution in [3.05, 3.63) is 57.3 Å². The van der Waals surface area contributed by atoms with Crippen molar-refractivity contribution in [2.24, 2.45) is 0 Å². The molecule has 0 saturated carbocycles. The van der Waals surface area contributed by atoms with Gasteiger partial charge in [-0.15, -0.1) is 11.3 Å². The number of aromatic carboxylic acids is 1. The second-order valence-corrected chi connectivity index (χ2v) is 5.89. The minimum absolute atomic E-state index is 0.0779. The lowest BCUT2D eigenvalue weighted by molar-refractivity contribution is -0.120. The van der Waals surface area contributed by atoms with Crippen LogP contribution in [0.25, 0.3) is 0 Å². The Labute approximate surface area is 127 Å². The van der Waals surface area contributed by atoms with Gasteiger partial charge in [-0.1, -0.05) is 25.1 Å². The van der Waals surface area contributed by atoms with Gasteiger partial charge in [0.2, 0.25) is 5.91 Å². The molecule has 2 aromatic rings. The summed E-state index contributed by atoms with van der Waals surface area (Å²) in [5.74, 6) is -1.18. The summed E-state index contributed by atoms with van der Waals surface area (Å²) in [4.78, 5) is 25.4. The summed E-state index contributed by atoms with van der Waals surface area (Å²) in [6.07, 6.45) is 1.07. The minimum Gasteiger partial charge on any atom is -0.478 e. The first-order chi connectivity index (χ1) is 10.1. The highest BCUT2D eigenvalue weighted by atomic mass is 32.1. The monoisotopic (exact) mass is 303 g/mol. The molecule has 1 aromatic carbocycles. The Balaban J connectivity index is 1.94. The lowest BCUT2D eigenvalue weighted by Crippen LogP contribution is -2.24. The van der Waals surface area contributed by atoms with Gasteiger partial charge in [0.05, 0.1) is 18.5 Å².